The lowest BCUT2D eigenvalue weighted by Gasteiger charge is -2.22. The fourth-order valence-electron chi connectivity index (χ4n) is 2.54. The number of methoxy groups -OCH3 is 1. The molecule has 0 spiro atoms. The Balaban J connectivity index is 2.28. The number of rotatable bonds is 3. The molecule has 1 aromatic rings. The maximum Gasteiger partial charge on any atom is 0.335 e. The van der Waals surface area contributed by atoms with E-state index in [0.717, 1.165) is 17.7 Å². The first-order chi connectivity index (χ1) is 9.22. The molecule has 1 saturated carbocycles. The number of hydrogen-bond donors (Lipinski definition) is 0. The standard InChI is InChI=1S/C16H21NO2/c1-12-8-6-7-11-14(12)17-15(16(18)19-2)13-9-4-3-5-10-13/h3-5,9-10,12,15H,6-8,11H2,1-2H3/t12?,15-/m0/s1. The van der Waals surface area contributed by atoms with Crippen LogP contribution in [0.5, 0.6) is 0 Å². The van der Waals surface area contributed by atoms with Crippen molar-refractivity contribution in [3.8, 4) is 0 Å². The van der Waals surface area contributed by atoms with Crippen LogP contribution in [-0.2, 0) is 9.53 Å². The molecule has 1 unspecified atom stereocenters. The molecule has 3 heteroatoms. The van der Waals surface area contributed by atoms with Crippen LogP contribution in [0.3, 0.4) is 0 Å². The molecule has 2 atom stereocenters. The molecule has 0 N–H and O–H groups in total. The quantitative estimate of drug-likeness (QED) is 0.779. The first kappa shape index (κ1) is 13.8. The van der Waals surface area contributed by atoms with Crippen molar-refractivity contribution < 1.29 is 9.53 Å². The van der Waals surface area contributed by atoms with Gasteiger partial charge in [0, 0.05) is 5.71 Å². The van der Waals surface area contributed by atoms with Crippen LogP contribution in [0.4, 0.5) is 0 Å². The van der Waals surface area contributed by atoms with Gasteiger partial charge in [-0.15, -0.1) is 0 Å². The number of ether oxygens (including phenoxy) is 1. The van der Waals surface area contributed by atoms with Gasteiger partial charge in [-0.2, -0.15) is 0 Å². The van der Waals surface area contributed by atoms with E-state index in [2.05, 4.69) is 6.92 Å². The monoisotopic (exact) mass is 259 g/mol. The summed E-state index contributed by atoms with van der Waals surface area (Å²) < 4.78 is 4.90. The molecule has 0 radical (unpaired) electrons. The first-order valence-electron chi connectivity index (χ1n) is 6.91. The third kappa shape index (κ3) is 3.43. The van der Waals surface area contributed by atoms with Gasteiger partial charge in [0.05, 0.1) is 7.11 Å². The summed E-state index contributed by atoms with van der Waals surface area (Å²) >= 11 is 0. The Morgan fingerprint density at radius 1 is 1.32 bits per heavy atom. The lowest BCUT2D eigenvalue weighted by atomic mass is 9.88. The van der Waals surface area contributed by atoms with Gasteiger partial charge in [-0.3, -0.25) is 4.99 Å². The second-order valence-corrected chi connectivity index (χ2v) is 5.10. The molecule has 0 heterocycles. The molecule has 2 rings (SSSR count). The van der Waals surface area contributed by atoms with Gasteiger partial charge in [0.2, 0.25) is 0 Å². The molecular weight excluding hydrogens is 238 g/mol. The van der Waals surface area contributed by atoms with Gasteiger partial charge in [-0.1, -0.05) is 43.7 Å². The van der Waals surface area contributed by atoms with Crippen molar-refractivity contribution >= 4 is 11.7 Å². The molecule has 1 aliphatic rings. The average Bonchev–Trinajstić information content (AvgIpc) is 2.46. The number of carbonyl (C=O) groups is 1. The van der Waals surface area contributed by atoms with Crippen molar-refractivity contribution in [2.75, 3.05) is 7.11 Å². The van der Waals surface area contributed by atoms with Gasteiger partial charge in [0.15, 0.2) is 6.04 Å². The SMILES string of the molecule is COC(=O)[C@@H](N=C1CCCCC1C)c1ccccc1. The predicted octanol–water partition coefficient (Wildman–Crippen LogP) is 3.55. The highest BCUT2D eigenvalue weighted by Gasteiger charge is 2.23. The minimum Gasteiger partial charge on any atom is -0.467 e. The zero-order chi connectivity index (χ0) is 13.7. The van der Waals surface area contributed by atoms with E-state index < -0.39 is 6.04 Å². The van der Waals surface area contributed by atoms with Crippen LogP contribution in [0.1, 0.15) is 44.2 Å². The normalized spacial score (nSPS) is 23.1. The van der Waals surface area contributed by atoms with E-state index in [1.54, 1.807) is 0 Å². The molecule has 0 amide bonds. The zero-order valence-corrected chi connectivity index (χ0v) is 11.6. The fourth-order valence-corrected chi connectivity index (χ4v) is 2.54. The number of carbonyl (C=O) groups excluding carboxylic acids is 1. The summed E-state index contributed by atoms with van der Waals surface area (Å²) in [5.41, 5.74) is 2.06. The summed E-state index contributed by atoms with van der Waals surface area (Å²) in [6.07, 6.45) is 4.60. The van der Waals surface area contributed by atoms with E-state index in [0.29, 0.717) is 5.92 Å². The van der Waals surface area contributed by atoms with Crippen molar-refractivity contribution in [2.45, 2.75) is 38.6 Å². The van der Waals surface area contributed by atoms with E-state index >= 15 is 0 Å². The van der Waals surface area contributed by atoms with Gasteiger partial charge < -0.3 is 4.74 Å². The number of benzene rings is 1. The molecule has 19 heavy (non-hydrogen) atoms. The van der Waals surface area contributed by atoms with Crippen LogP contribution in [0, 0.1) is 5.92 Å². The van der Waals surface area contributed by atoms with Crippen LogP contribution in [0.2, 0.25) is 0 Å². The second kappa shape index (κ2) is 6.50. The fraction of sp³-hybridized carbons (Fsp3) is 0.500. The Labute approximate surface area is 114 Å². The predicted molar refractivity (Wildman–Crippen MR) is 76.3 cm³/mol. The van der Waals surface area contributed by atoms with Crippen LogP contribution >= 0.6 is 0 Å². The minimum atomic E-state index is -0.512. The maximum atomic E-state index is 12.0. The highest BCUT2D eigenvalue weighted by molar-refractivity contribution is 5.90. The van der Waals surface area contributed by atoms with E-state index in [4.69, 9.17) is 9.73 Å². The van der Waals surface area contributed by atoms with Gasteiger partial charge in [-0.05, 0) is 30.7 Å². The minimum absolute atomic E-state index is 0.281. The number of hydrogen-bond acceptors (Lipinski definition) is 3. The Morgan fingerprint density at radius 3 is 2.68 bits per heavy atom. The van der Waals surface area contributed by atoms with Crippen LogP contribution in [-0.4, -0.2) is 18.8 Å². The third-order valence-electron chi connectivity index (χ3n) is 3.72. The molecule has 0 aromatic heterocycles. The second-order valence-electron chi connectivity index (χ2n) is 5.10. The summed E-state index contributed by atoms with van der Waals surface area (Å²) in [7, 11) is 1.42. The van der Waals surface area contributed by atoms with E-state index in [9.17, 15) is 4.79 Å². The molecule has 0 bridgehead atoms. The largest absolute Gasteiger partial charge is 0.467 e. The van der Waals surface area contributed by atoms with Crippen molar-refractivity contribution in [1.82, 2.24) is 0 Å². The molecule has 1 aromatic carbocycles. The summed E-state index contributed by atoms with van der Waals surface area (Å²) in [4.78, 5) is 16.7. The summed E-state index contributed by atoms with van der Waals surface area (Å²) in [5, 5.41) is 0. The highest BCUT2D eigenvalue weighted by atomic mass is 16.5. The smallest absolute Gasteiger partial charge is 0.335 e. The van der Waals surface area contributed by atoms with Gasteiger partial charge in [0.25, 0.3) is 0 Å². The Hall–Kier alpha value is -1.64. The topological polar surface area (TPSA) is 38.7 Å². The lowest BCUT2D eigenvalue weighted by molar-refractivity contribution is -0.142. The molecule has 1 aliphatic carbocycles. The average molecular weight is 259 g/mol. The number of esters is 1. The first-order valence-corrected chi connectivity index (χ1v) is 6.91. The van der Waals surface area contributed by atoms with Gasteiger partial charge in [0.1, 0.15) is 0 Å². The molecule has 1 fully saturated rings. The Kier molecular flexibility index (Phi) is 4.72. The summed E-state index contributed by atoms with van der Waals surface area (Å²) in [6, 6.07) is 9.14. The highest BCUT2D eigenvalue weighted by Crippen LogP contribution is 2.26. The maximum absolute atomic E-state index is 12.0. The number of nitrogens with zero attached hydrogens (tertiary/aromatic N) is 1. The summed E-state index contributed by atoms with van der Waals surface area (Å²) in [5.74, 6) is 0.195. The molecule has 3 nitrogen and oxygen atoms in total. The van der Waals surface area contributed by atoms with Crippen molar-refractivity contribution in [3.05, 3.63) is 35.9 Å². The van der Waals surface area contributed by atoms with Crippen LogP contribution in [0.25, 0.3) is 0 Å². The lowest BCUT2D eigenvalue weighted by Crippen LogP contribution is -2.20. The Morgan fingerprint density at radius 2 is 2.05 bits per heavy atom. The van der Waals surface area contributed by atoms with E-state index in [-0.39, 0.29) is 5.97 Å². The molecule has 0 saturated heterocycles. The van der Waals surface area contributed by atoms with E-state index in [1.165, 1.54) is 26.4 Å². The van der Waals surface area contributed by atoms with Crippen molar-refractivity contribution in [1.29, 1.82) is 0 Å². The molecule has 102 valence electrons. The number of aliphatic imine (C=N–C) groups is 1. The Bertz CT molecular complexity index is 453. The molecule has 0 aliphatic heterocycles. The van der Waals surface area contributed by atoms with Crippen molar-refractivity contribution in [2.24, 2.45) is 10.9 Å². The van der Waals surface area contributed by atoms with Gasteiger partial charge in [-0.25, -0.2) is 4.79 Å². The van der Waals surface area contributed by atoms with Crippen molar-refractivity contribution in [3.63, 3.8) is 0 Å². The summed E-state index contributed by atoms with van der Waals surface area (Å²) in [6.45, 7) is 2.19. The van der Waals surface area contributed by atoms with Gasteiger partial charge >= 0.3 is 5.97 Å². The van der Waals surface area contributed by atoms with Crippen LogP contribution in [0.15, 0.2) is 35.3 Å². The van der Waals surface area contributed by atoms with Crippen LogP contribution < -0.4 is 0 Å². The van der Waals surface area contributed by atoms with E-state index in [1.807, 2.05) is 30.3 Å². The molecular formula is C16H21NO2. The third-order valence-corrected chi connectivity index (χ3v) is 3.72. The zero-order valence-electron chi connectivity index (χ0n) is 11.6.